The third kappa shape index (κ3) is 7.78. The van der Waals surface area contributed by atoms with Crippen molar-refractivity contribution in [3.63, 3.8) is 0 Å². The normalized spacial score (nSPS) is 14.8. The lowest BCUT2D eigenvalue weighted by Crippen LogP contribution is -2.31. The molecular weight excluding hydrogens is 354 g/mol. The van der Waals surface area contributed by atoms with Gasteiger partial charge in [-0.3, -0.25) is 0 Å². The van der Waals surface area contributed by atoms with Gasteiger partial charge >= 0.3 is 0 Å². The monoisotopic (exact) mass is 385 g/mol. The Kier molecular flexibility index (Phi) is 9.44. The molecule has 2 aromatic carbocycles. The van der Waals surface area contributed by atoms with Gasteiger partial charge in [0.25, 0.3) is 0 Å². The number of rotatable bonds is 9. The van der Waals surface area contributed by atoms with Gasteiger partial charge in [-0.1, -0.05) is 54.1 Å². The molecule has 0 fully saturated rings. The lowest BCUT2D eigenvalue weighted by molar-refractivity contribution is 0.306. The second-order valence-corrected chi connectivity index (χ2v) is 7.32. The molecule has 0 saturated heterocycles. The second kappa shape index (κ2) is 11.8. The lowest BCUT2D eigenvalue weighted by atomic mass is 9.94. The molecule has 27 heavy (non-hydrogen) atoms. The molecule has 3 rings (SSSR count). The lowest BCUT2D eigenvalue weighted by Gasteiger charge is -2.15. The highest BCUT2D eigenvalue weighted by Gasteiger charge is 2.05. The maximum atomic E-state index is 5.87. The van der Waals surface area contributed by atoms with E-state index in [0.717, 1.165) is 25.1 Å². The van der Waals surface area contributed by atoms with Crippen LogP contribution in [0.15, 0.2) is 66.2 Å². The third-order valence-corrected chi connectivity index (χ3v) is 4.99. The van der Waals surface area contributed by atoms with Crippen LogP contribution in [0.25, 0.3) is 0 Å². The SMILES string of the molecule is CC(Cc1ccccc1)NCCOc1ccc(CC2=CCCCC2)cc1.Cl. The Labute approximate surface area is 170 Å². The van der Waals surface area contributed by atoms with E-state index in [1.54, 1.807) is 5.57 Å². The van der Waals surface area contributed by atoms with Crippen molar-refractivity contribution in [1.82, 2.24) is 5.32 Å². The van der Waals surface area contributed by atoms with Crippen LogP contribution in [0, 0.1) is 0 Å². The highest BCUT2D eigenvalue weighted by molar-refractivity contribution is 5.85. The van der Waals surface area contributed by atoms with Gasteiger partial charge in [0.1, 0.15) is 12.4 Å². The number of nitrogens with one attached hydrogen (secondary N) is 1. The van der Waals surface area contributed by atoms with Crippen molar-refractivity contribution < 1.29 is 4.74 Å². The molecule has 0 bridgehead atoms. The summed E-state index contributed by atoms with van der Waals surface area (Å²) >= 11 is 0. The Hall–Kier alpha value is -1.77. The van der Waals surface area contributed by atoms with Crippen molar-refractivity contribution in [2.24, 2.45) is 0 Å². The summed E-state index contributed by atoms with van der Waals surface area (Å²) in [5.41, 5.74) is 4.36. The average Bonchev–Trinajstić information content (AvgIpc) is 2.68. The number of hydrogen-bond acceptors (Lipinski definition) is 2. The minimum atomic E-state index is 0. The Morgan fingerprint density at radius 2 is 1.74 bits per heavy atom. The molecule has 0 saturated carbocycles. The Morgan fingerprint density at radius 3 is 2.44 bits per heavy atom. The van der Waals surface area contributed by atoms with E-state index < -0.39 is 0 Å². The summed E-state index contributed by atoms with van der Waals surface area (Å²) in [6.45, 7) is 3.79. The van der Waals surface area contributed by atoms with E-state index in [9.17, 15) is 0 Å². The van der Waals surface area contributed by atoms with Crippen LogP contribution in [0.4, 0.5) is 0 Å². The fourth-order valence-electron chi connectivity index (χ4n) is 3.54. The molecule has 0 spiro atoms. The summed E-state index contributed by atoms with van der Waals surface area (Å²) in [6.07, 6.45) is 9.80. The molecule has 2 aromatic rings. The van der Waals surface area contributed by atoms with Crippen LogP contribution >= 0.6 is 12.4 Å². The van der Waals surface area contributed by atoms with Gasteiger partial charge in [-0.05, 0) is 68.7 Å². The van der Waals surface area contributed by atoms with Crippen LogP contribution in [0.5, 0.6) is 5.75 Å². The first-order valence-corrected chi connectivity index (χ1v) is 9.96. The Morgan fingerprint density at radius 1 is 0.963 bits per heavy atom. The molecule has 0 heterocycles. The number of allylic oxidation sites excluding steroid dienone is 2. The Balaban J connectivity index is 0.00000261. The van der Waals surface area contributed by atoms with E-state index in [4.69, 9.17) is 4.74 Å². The van der Waals surface area contributed by atoms with Gasteiger partial charge in [0.15, 0.2) is 0 Å². The topological polar surface area (TPSA) is 21.3 Å². The van der Waals surface area contributed by atoms with E-state index >= 15 is 0 Å². The highest BCUT2D eigenvalue weighted by atomic mass is 35.5. The van der Waals surface area contributed by atoms with Crippen LogP contribution in [0.1, 0.15) is 43.7 Å². The van der Waals surface area contributed by atoms with Gasteiger partial charge in [-0.25, -0.2) is 0 Å². The van der Waals surface area contributed by atoms with Gasteiger partial charge in [0.05, 0.1) is 0 Å². The summed E-state index contributed by atoms with van der Waals surface area (Å²) in [5, 5.41) is 3.53. The van der Waals surface area contributed by atoms with Crippen molar-refractivity contribution in [2.45, 2.75) is 51.5 Å². The van der Waals surface area contributed by atoms with Crippen LogP contribution < -0.4 is 10.1 Å². The van der Waals surface area contributed by atoms with Gasteiger partial charge in [0.2, 0.25) is 0 Å². The van der Waals surface area contributed by atoms with Crippen LogP contribution in [-0.4, -0.2) is 19.2 Å². The molecule has 1 aliphatic carbocycles. The largest absolute Gasteiger partial charge is 0.492 e. The van der Waals surface area contributed by atoms with E-state index in [2.05, 4.69) is 72.9 Å². The zero-order chi connectivity index (χ0) is 18.0. The van der Waals surface area contributed by atoms with Gasteiger partial charge < -0.3 is 10.1 Å². The van der Waals surface area contributed by atoms with E-state index in [1.165, 1.54) is 36.8 Å². The molecule has 0 radical (unpaired) electrons. The number of ether oxygens (including phenoxy) is 1. The van der Waals surface area contributed by atoms with Gasteiger partial charge in [-0.2, -0.15) is 0 Å². The van der Waals surface area contributed by atoms with Crippen molar-refractivity contribution in [3.05, 3.63) is 77.4 Å². The van der Waals surface area contributed by atoms with Crippen molar-refractivity contribution >= 4 is 12.4 Å². The zero-order valence-corrected chi connectivity index (χ0v) is 17.1. The van der Waals surface area contributed by atoms with Crippen molar-refractivity contribution in [3.8, 4) is 5.75 Å². The second-order valence-electron chi connectivity index (χ2n) is 7.32. The smallest absolute Gasteiger partial charge is 0.119 e. The first-order valence-electron chi connectivity index (χ1n) is 9.96. The zero-order valence-electron chi connectivity index (χ0n) is 16.3. The molecular formula is C24H32ClNO. The molecule has 3 heteroatoms. The summed E-state index contributed by atoms with van der Waals surface area (Å²) < 4.78 is 5.87. The number of halogens is 1. The molecule has 0 aromatic heterocycles. The summed E-state index contributed by atoms with van der Waals surface area (Å²) in [5.74, 6) is 0.962. The Bertz CT molecular complexity index is 681. The van der Waals surface area contributed by atoms with Crippen molar-refractivity contribution in [1.29, 1.82) is 0 Å². The van der Waals surface area contributed by atoms with E-state index in [0.29, 0.717) is 12.6 Å². The maximum absolute atomic E-state index is 5.87. The third-order valence-electron chi connectivity index (χ3n) is 4.99. The van der Waals surface area contributed by atoms with Gasteiger partial charge in [-0.15, -0.1) is 12.4 Å². The van der Waals surface area contributed by atoms with Crippen LogP contribution in [-0.2, 0) is 12.8 Å². The first-order chi connectivity index (χ1) is 12.8. The maximum Gasteiger partial charge on any atom is 0.119 e. The highest BCUT2D eigenvalue weighted by Crippen LogP contribution is 2.22. The molecule has 0 aliphatic heterocycles. The van der Waals surface area contributed by atoms with Crippen LogP contribution in [0.3, 0.4) is 0 Å². The standard InChI is InChI=1S/C24H31NO.ClH/c1-20(18-21-8-4-2-5-9-21)25-16-17-26-24-14-12-23(13-15-24)19-22-10-6-3-7-11-22;/h2,4-5,8-10,12-15,20,25H,3,6-7,11,16-19H2,1H3;1H. The average molecular weight is 386 g/mol. The molecule has 146 valence electrons. The van der Waals surface area contributed by atoms with Crippen molar-refractivity contribution in [2.75, 3.05) is 13.2 Å². The predicted molar refractivity (Wildman–Crippen MR) is 117 cm³/mol. The fraction of sp³-hybridized carbons (Fsp3) is 0.417. The molecule has 1 aliphatic rings. The molecule has 1 N–H and O–H groups in total. The minimum Gasteiger partial charge on any atom is -0.492 e. The van der Waals surface area contributed by atoms with Gasteiger partial charge in [0, 0.05) is 12.6 Å². The molecule has 1 atom stereocenters. The van der Waals surface area contributed by atoms with E-state index in [-0.39, 0.29) is 12.4 Å². The van der Waals surface area contributed by atoms with E-state index in [1.807, 2.05) is 0 Å². The number of hydrogen-bond donors (Lipinski definition) is 1. The quantitative estimate of drug-likeness (QED) is 0.438. The predicted octanol–water partition coefficient (Wildman–Crippen LogP) is 5.75. The molecule has 0 amide bonds. The van der Waals surface area contributed by atoms with Crippen LogP contribution in [0.2, 0.25) is 0 Å². The molecule has 2 nitrogen and oxygen atoms in total. The summed E-state index contributed by atoms with van der Waals surface area (Å²) in [4.78, 5) is 0. The number of benzene rings is 2. The first kappa shape index (κ1) is 21.5. The minimum absolute atomic E-state index is 0. The summed E-state index contributed by atoms with van der Waals surface area (Å²) in [7, 11) is 0. The fourth-order valence-corrected chi connectivity index (χ4v) is 3.54. The summed E-state index contributed by atoms with van der Waals surface area (Å²) in [6, 6.07) is 19.7. The molecule has 1 unspecified atom stereocenters.